The molecule has 0 spiro atoms. The molecular weight excluding hydrogens is 346 g/mol. The lowest BCUT2D eigenvalue weighted by atomic mass is 10.2. The summed E-state index contributed by atoms with van der Waals surface area (Å²) < 4.78 is 6.56. The van der Waals surface area contributed by atoms with Crippen molar-refractivity contribution < 1.29 is 14.3 Å². The van der Waals surface area contributed by atoms with Gasteiger partial charge in [0.2, 0.25) is 0 Å². The lowest BCUT2D eigenvalue weighted by Crippen LogP contribution is -2.32. The molecule has 2 N–H and O–H groups in total. The van der Waals surface area contributed by atoms with Gasteiger partial charge in [-0.15, -0.1) is 0 Å². The first-order chi connectivity index (χ1) is 9.47. The van der Waals surface area contributed by atoms with Gasteiger partial charge in [0.15, 0.2) is 0 Å². The van der Waals surface area contributed by atoms with E-state index in [0.29, 0.717) is 23.1 Å². The number of rotatable bonds is 5. The highest BCUT2D eigenvalue weighted by Gasteiger charge is 2.12. The lowest BCUT2D eigenvalue weighted by molar-refractivity contribution is -0.139. The molecule has 1 heterocycles. The van der Waals surface area contributed by atoms with Crippen molar-refractivity contribution in [3.8, 4) is 11.3 Å². The molecule has 6 heteroatoms. The fourth-order valence-electron chi connectivity index (χ4n) is 1.65. The number of hydrogen-bond acceptors (Lipinski definition) is 3. The molecule has 0 saturated carbocycles. The number of benzene rings is 1. The van der Waals surface area contributed by atoms with Crippen LogP contribution in [0.25, 0.3) is 11.3 Å². The topological polar surface area (TPSA) is 62.5 Å². The Kier molecular flexibility index (Phi) is 4.86. The van der Waals surface area contributed by atoms with Crippen LogP contribution >= 0.6 is 27.5 Å². The summed E-state index contributed by atoms with van der Waals surface area (Å²) in [6.07, 6.45) is 0. The predicted molar refractivity (Wildman–Crippen MR) is 80.8 cm³/mol. The van der Waals surface area contributed by atoms with Crippen molar-refractivity contribution in [2.45, 2.75) is 19.5 Å². The lowest BCUT2D eigenvalue weighted by Gasteiger charge is -2.06. The van der Waals surface area contributed by atoms with E-state index in [9.17, 15) is 4.79 Å². The first-order valence-corrected chi connectivity index (χ1v) is 7.15. The van der Waals surface area contributed by atoms with E-state index in [-0.39, 0.29) is 0 Å². The van der Waals surface area contributed by atoms with Gasteiger partial charge in [-0.25, -0.2) is 0 Å². The van der Waals surface area contributed by atoms with Gasteiger partial charge in [-0.2, -0.15) is 0 Å². The quantitative estimate of drug-likeness (QED) is 0.850. The Hall–Kier alpha value is -1.30. The van der Waals surface area contributed by atoms with Gasteiger partial charge in [0.05, 0.1) is 11.6 Å². The van der Waals surface area contributed by atoms with Crippen LogP contribution in [0.2, 0.25) is 5.02 Å². The van der Waals surface area contributed by atoms with E-state index in [1.165, 1.54) is 0 Å². The van der Waals surface area contributed by atoms with Crippen LogP contribution in [-0.2, 0) is 11.3 Å². The predicted octanol–water partition coefficient (Wildman–Crippen LogP) is 3.93. The van der Waals surface area contributed by atoms with Gasteiger partial charge in [-0.1, -0.05) is 27.5 Å². The van der Waals surface area contributed by atoms with Crippen molar-refractivity contribution in [2.75, 3.05) is 0 Å². The summed E-state index contributed by atoms with van der Waals surface area (Å²) in [5.74, 6) is 0.419. The Bertz CT molecular complexity index is 627. The highest BCUT2D eigenvalue weighted by Crippen LogP contribution is 2.31. The van der Waals surface area contributed by atoms with E-state index in [1.54, 1.807) is 19.1 Å². The number of hydrogen-bond donors (Lipinski definition) is 2. The average molecular weight is 359 g/mol. The van der Waals surface area contributed by atoms with Gasteiger partial charge < -0.3 is 9.52 Å². The van der Waals surface area contributed by atoms with Gasteiger partial charge in [-0.05, 0) is 37.3 Å². The van der Waals surface area contributed by atoms with Crippen LogP contribution < -0.4 is 5.32 Å². The van der Waals surface area contributed by atoms with Crippen molar-refractivity contribution in [2.24, 2.45) is 0 Å². The molecule has 0 fully saturated rings. The Morgan fingerprint density at radius 1 is 1.45 bits per heavy atom. The summed E-state index contributed by atoms with van der Waals surface area (Å²) in [5.41, 5.74) is 0.799. The maximum Gasteiger partial charge on any atom is 0.320 e. The maximum atomic E-state index is 10.7. The molecule has 0 aliphatic heterocycles. The molecule has 2 aromatic rings. The first-order valence-electron chi connectivity index (χ1n) is 5.97. The van der Waals surface area contributed by atoms with Crippen molar-refractivity contribution in [1.82, 2.24) is 5.32 Å². The van der Waals surface area contributed by atoms with Crippen LogP contribution in [0.3, 0.4) is 0 Å². The van der Waals surface area contributed by atoms with Gasteiger partial charge >= 0.3 is 5.97 Å². The molecule has 106 valence electrons. The maximum absolute atomic E-state index is 10.7. The van der Waals surface area contributed by atoms with E-state index >= 15 is 0 Å². The molecule has 1 atom stereocenters. The van der Waals surface area contributed by atoms with E-state index in [2.05, 4.69) is 21.2 Å². The molecule has 0 bridgehead atoms. The van der Waals surface area contributed by atoms with E-state index in [0.717, 1.165) is 10.0 Å². The van der Waals surface area contributed by atoms with E-state index in [4.69, 9.17) is 21.1 Å². The zero-order chi connectivity index (χ0) is 14.7. The second-order valence-corrected chi connectivity index (χ2v) is 5.65. The number of furan rings is 1. The molecule has 0 amide bonds. The minimum atomic E-state index is -0.896. The zero-order valence-electron chi connectivity index (χ0n) is 10.7. The van der Waals surface area contributed by atoms with Gasteiger partial charge in [-0.3, -0.25) is 10.1 Å². The number of halogens is 2. The molecule has 0 saturated heterocycles. The van der Waals surface area contributed by atoms with Crippen LogP contribution in [0.4, 0.5) is 0 Å². The minimum Gasteiger partial charge on any atom is -0.480 e. The molecule has 20 heavy (non-hydrogen) atoms. The van der Waals surface area contributed by atoms with Gasteiger partial charge in [0.1, 0.15) is 17.6 Å². The highest BCUT2D eigenvalue weighted by molar-refractivity contribution is 9.10. The van der Waals surface area contributed by atoms with Crippen molar-refractivity contribution >= 4 is 33.5 Å². The molecule has 2 rings (SSSR count). The second-order valence-electron chi connectivity index (χ2n) is 4.33. The number of nitrogens with one attached hydrogen (secondary N) is 1. The van der Waals surface area contributed by atoms with Crippen LogP contribution in [0.15, 0.2) is 39.2 Å². The number of carbonyl (C=O) groups is 1. The normalized spacial score (nSPS) is 12.3. The minimum absolute atomic E-state index is 0.349. The van der Waals surface area contributed by atoms with E-state index < -0.39 is 12.0 Å². The molecule has 0 radical (unpaired) electrons. The van der Waals surface area contributed by atoms with Crippen LogP contribution in [-0.4, -0.2) is 17.1 Å². The van der Waals surface area contributed by atoms with Crippen LogP contribution in [0.5, 0.6) is 0 Å². The third-order valence-corrected chi connectivity index (χ3v) is 3.62. The molecule has 1 aromatic heterocycles. The SMILES string of the molecule is CC(NCc1ccc(-c2ccc(Br)cc2Cl)o1)C(=O)O. The number of carboxylic acids is 1. The Balaban J connectivity index is 2.10. The smallest absolute Gasteiger partial charge is 0.320 e. The van der Waals surface area contributed by atoms with Crippen molar-refractivity contribution in [3.63, 3.8) is 0 Å². The molecular formula is C14H13BrClNO3. The molecule has 0 aliphatic carbocycles. The zero-order valence-corrected chi connectivity index (χ0v) is 13.0. The monoisotopic (exact) mass is 357 g/mol. The molecule has 1 unspecified atom stereocenters. The third kappa shape index (κ3) is 3.62. The molecule has 4 nitrogen and oxygen atoms in total. The molecule has 1 aromatic carbocycles. The summed E-state index contributed by atoms with van der Waals surface area (Å²) >= 11 is 9.51. The average Bonchev–Trinajstić information content (AvgIpc) is 2.84. The Morgan fingerprint density at radius 3 is 2.85 bits per heavy atom. The van der Waals surface area contributed by atoms with E-state index in [1.807, 2.05) is 18.2 Å². The summed E-state index contributed by atoms with van der Waals surface area (Å²) in [5, 5.41) is 12.2. The number of carboxylic acid groups (broad SMARTS) is 1. The first kappa shape index (κ1) is 15.1. The largest absolute Gasteiger partial charge is 0.480 e. The van der Waals surface area contributed by atoms with Gasteiger partial charge in [0, 0.05) is 10.0 Å². The Labute approximate surface area is 129 Å². The van der Waals surface area contributed by atoms with Gasteiger partial charge in [0.25, 0.3) is 0 Å². The standard InChI is InChI=1S/C14H13BrClNO3/c1-8(14(18)19)17-7-10-3-5-13(20-10)11-4-2-9(15)6-12(11)16/h2-6,8,17H,7H2,1H3,(H,18,19). The van der Waals surface area contributed by atoms with Crippen molar-refractivity contribution in [1.29, 1.82) is 0 Å². The fraction of sp³-hybridized carbons (Fsp3) is 0.214. The molecule has 0 aliphatic rings. The third-order valence-electron chi connectivity index (χ3n) is 2.81. The highest BCUT2D eigenvalue weighted by atomic mass is 79.9. The van der Waals surface area contributed by atoms with Crippen molar-refractivity contribution in [3.05, 3.63) is 45.6 Å². The summed E-state index contributed by atoms with van der Waals surface area (Å²) in [7, 11) is 0. The fourth-order valence-corrected chi connectivity index (χ4v) is 2.41. The summed E-state index contributed by atoms with van der Waals surface area (Å²) in [6.45, 7) is 1.93. The second kappa shape index (κ2) is 6.43. The summed E-state index contributed by atoms with van der Waals surface area (Å²) in [6, 6.07) is 8.53. The Morgan fingerprint density at radius 2 is 2.20 bits per heavy atom. The van der Waals surface area contributed by atoms with Crippen LogP contribution in [0, 0.1) is 0 Å². The number of aliphatic carboxylic acids is 1. The van der Waals surface area contributed by atoms with Crippen LogP contribution in [0.1, 0.15) is 12.7 Å². The summed E-state index contributed by atoms with van der Waals surface area (Å²) in [4.78, 5) is 10.7.